The van der Waals surface area contributed by atoms with E-state index in [0.29, 0.717) is 15.7 Å². The Balaban J connectivity index is 1.43. The van der Waals surface area contributed by atoms with Crippen LogP contribution in [-0.4, -0.2) is 31.4 Å². The molecule has 1 N–H and O–H groups in total. The van der Waals surface area contributed by atoms with Crippen LogP contribution in [0.2, 0.25) is 0 Å². The molecule has 9 heteroatoms. The van der Waals surface area contributed by atoms with Gasteiger partial charge in [-0.3, -0.25) is 9.78 Å². The standard InChI is InChI=1S/C19H18N6OS2/c1-25-17(12-6-8-21-9-7-12)23-24-19(25)27-11-16(26)22-18-14(10-20)13-4-2-3-5-15(13)28-18/h6-9H,2-5,11H2,1H3,(H,22,26). The molecular formula is C19H18N6OS2. The first-order valence-corrected chi connectivity index (χ1v) is 10.7. The molecule has 3 aromatic heterocycles. The fraction of sp³-hybridized carbons (Fsp3) is 0.316. The number of hydrogen-bond acceptors (Lipinski definition) is 7. The zero-order chi connectivity index (χ0) is 19.5. The minimum absolute atomic E-state index is 0.145. The molecule has 1 amide bonds. The maximum absolute atomic E-state index is 12.5. The fourth-order valence-corrected chi connectivity index (χ4v) is 5.22. The lowest BCUT2D eigenvalue weighted by Crippen LogP contribution is -2.14. The minimum Gasteiger partial charge on any atom is -0.316 e. The lowest BCUT2D eigenvalue weighted by molar-refractivity contribution is -0.113. The maximum Gasteiger partial charge on any atom is 0.235 e. The number of thioether (sulfide) groups is 1. The van der Waals surface area contributed by atoms with Gasteiger partial charge in [-0.15, -0.1) is 21.5 Å². The molecule has 4 rings (SSSR count). The van der Waals surface area contributed by atoms with E-state index in [4.69, 9.17) is 0 Å². The highest BCUT2D eigenvalue weighted by atomic mass is 32.2. The van der Waals surface area contributed by atoms with Gasteiger partial charge in [0.05, 0.1) is 11.3 Å². The zero-order valence-electron chi connectivity index (χ0n) is 15.3. The van der Waals surface area contributed by atoms with Gasteiger partial charge in [-0.2, -0.15) is 5.26 Å². The van der Waals surface area contributed by atoms with E-state index in [1.165, 1.54) is 28.0 Å². The van der Waals surface area contributed by atoms with E-state index in [0.717, 1.165) is 42.6 Å². The van der Waals surface area contributed by atoms with Crippen molar-refractivity contribution in [3.8, 4) is 17.5 Å². The van der Waals surface area contributed by atoms with Crippen LogP contribution in [-0.2, 0) is 24.7 Å². The largest absolute Gasteiger partial charge is 0.316 e. The molecule has 28 heavy (non-hydrogen) atoms. The van der Waals surface area contributed by atoms with Crippen molar-refractivity contribution in [2.45, 2.75) is 30.8 Å². The van der Waals surface area contributed by atoms with Crippen LogP contribution in [0.3, 0.4) is 0 Å². The van der Waals surface area contributed by atoms with Gasteiger partial charge in [0.25, 0.3) is 0 Å². The Hall–Kier alpha value is -2.70. The molecule has 0 bridgehead atoms. The van der Waals surface area contributed by atoms with E-state index in [1.807, 2.05) is 23.7 Å². The van der Waals surface area contributed by atoms with Crippen molar-refractivity contribution in [1.82, 2.24) is 19.7 Å². The second kappa shape index (κ2) is 8.12. The number of carbonyl (C=O) groups excluding carboxylic acids is 1. The molecular weight excluding hydrogens is 392 g/mol. The summed E-state index contributed by atoms with van der Waals surface area (Å²) in [6.45, 7) is 0. The summed E-state index contributed by atoms with van der Waals surface area (Å²) in [5, 5.41) is 22.2. The maximum atomic E-state index is 12.5. The Kier molecular flexibility index (Phi) is 5.41. The highest BCUT2D eigenvalue weighted by Gasteiger charge is 2.22. The predicted molar refractivity (Wildman–Crippen MR) is 109 cm³/mol. The van der Waals surface area contributed by atoms with E-state index in [2.05, 4.69) is 26.6 Å². The number of thiophene rings is 1. The van der Waals surface area contributed by atoms with Crippen LogP contribution in [0.5, 0.6) is 0 Å². The number of rotatable bonds is 5. The number of amides is 1. The molecule has 7 nitrogen and oxygen atoms in total. The molecule has 3 heterocycles. The highest BCUT2D eigenvalue weighted by molar-refractivity contribution is 7.99. The third kappa shape index (κ3) is 3.66. The molecule has 0 aliphatic heterocycles. The van der Waals surface area contributed by atoms with E-state index in [9.17, 15) is 10.1 Å². The number of aromatic nitrogens is 4. The third-order valence-corrected chi connectivity index (χ3v) is 6.87. The number of pyridine rings is 1. The van der Waals surface area contributed by atoms with E-state index >= 15 is 0 Å². The number of fused-ring (bicyclic) bond motifs is 1. The zero-order valence-corrected chi connectivity index (χ0v) is 16.9. The van der Waals surface area contributed by atoms with Crippen molar-refractivity contribution in [2.75, 3.05) is 11.1 Å². The molecule has 3 aromatic rings. The number of anilines is 1. The summed E-state index contributed by atoms with van der Waals surface area (Å²) in [7, 11) is 1.87. The topological polar surface area (TPSA) is 96.5 Å². The summed E-state index contributed by atoms with van der Waals surface area (Å²) < 4.78 is 1.86. The molecule has 142 valence electrons. The van der Waals surface area contributed by atoms with Crippen LogP contribution in [0, 0.1) is 11.3 Å². The number of carbonyl (C=O) groups is 1. The molecule has 0 radical (unpaired) electrons. The van der Waals surface area contributed by atoms with Crippen LogP contribution in [0.4, 0.5) is 5.00 Å². The van der Waals surface area contributed by atoms with Gasteiger partial charge in [0.15, 0.2) is 11.0 Å². The van der Waals surface area contributed by atoms with Crippen LogP contribution in [0.15, 0.2) is 29.7 Å². The highest BCUT2D eigenvalue weighted by Crippen LogP contribution is 2.37. The summed E-state index contributed by atoms with van der Waals surface area (Å²) in [5.74, 6) is 0.784. The Bertz CT molecular complexity index is 1050. The summed E-state index contributed by atoms with van der Waals surface area (Å²) in [4.78, 5) is 17.7. The van der Waals surface area contributed by atoms with Crippen LogP contribution in [0.25, 0.3) is 11.4 Å². The molecule has 1 aliphatic rings. The fourth-order valence-electron chi connectivity index (χ4n) is 3.26. The number of nitrogens with one attached hydrogen (secondary N) is 1. The van der Waals surface area contributed by atoms with Crippen molar-refractivity contribution >= 4 is 34.0 Å². The van der Waals surface area contributed by atoms with E-state index in [1.54, 1.807) is 12.4 Å². The summed E-state index contributed by atoms with van der Waals surface area (Å²) in [5.41, 5.74) is 2.68. The minimum atomic E-state index is -0.145. The first-order chi connectivity index (χ1) is 13.7. The average molecular weight is 411 g/mol. The number of nitriles is 1. The smallest absolute Gasteiger partial charge is 0.235 e. The molecule has 0 unspecified atom stereocenters. The SMILES string of the molecule is Cn1c(SCC(=O)Nc2sc3c(c2C#N)CCCC3)nnc1-c1ccncc1. The number of aryl methyl sites for hydroxylation is 1. The van der Waals surface area contributed by atoms with E-state index in [-0.39, 0.29) is 11.7 Å². The summed E-state index contributed by atoms with van der Waals surface area (Å²) in [6, 6.07) is 6.01. The molecule has 0 saturated carbocycles. The second-order valence-corrected chi connectivity index (χ2v) is 8.51. The quantitative estimate of drug-likeness (QED) is 0.648. The number of nitrogens with zero attached hydrogens (tertiary/aromatic N) is 5. The van der Waals surface area contributed by atoms with Gasteiger partial charge >= 0.3 is 0 Å². The molecule has 0 spiro atoms. The molecule has 1 aliphatic carbocycles. The Morgan fingerprint density at radius 3 is 2.89 bits per heavy atom. The van der Waals surface area contributed by atoms with Gasteiger partial charge < -0.3 is 9.88 Å². The first kappa shape index (κ1) is 18.7. The van der Waals surface area contributed by atoms with Crippen molar-refractivity contribution in [1.29, 1.82) is 5.26 Å². The molecule has 0 fully saturated rings. The summed E-state index contributed by atoms with van der Waals surface area (Å²) in [6.07, 6.45) is 7.59. The normalized spacial score (nSPS) is 13.0. The number of hydrogen-bond donors (Lipinski definition) is 1. The van der Waals surface area contributed by atoms with Gasteiger partial charge in [0.2, 0.25) is 5.91 Å². The predicted octanol–water partition coefficient (Wildman–Crippen LogP) is 3.42. The van der Waals surface area contributed by atoms with Crippen LogP contribution in [0.1, 0.15) is 28.8 Å². The molecule has 0 aromatic carbocycles. The van der Waals surface area contributed by atoms with Crippen molar-refractivity contribution in [3.63, 3.8) is 0 Å². The Labute approximate surface area is 170 Å². The third-order valence-electron chi connectivity index (χ3n) is 4.64. The Morgan fingerprint density at radius 1 is 1.32 bits per heavy atom. The average Bonchev–Trinajstić information content (AvgIpc) is 3.26. The van der Waals surface area contributed by atoms with Gasteiger partial charge in [0, 0.05) is 29.9 Å². The Morgan fingerprint density at radius 2 is 2.11 bits per heavy atom. The lowest BCUT2D eigenvalue weighted by atomic mass is 9.96. The van der Waals surface area contributed by atoms with Crippen LogP contribution < -0.4 is 5.32 Å². The van der Waals surface area contributed by atoms with Gasteiger partial charge in [-0.25, -0.2) is 0 Å². The van der Waals surface area contributed by atoms with Crippen molar-refractivity contribution in [2.24, 2.45) is 7.05 Å². The molecule has 0 atom stereocenters. The van der Waals surface area contributed by atoms with Gasteiger partial charge in [0.1, 0.15) is 11.1 Å². The van der Waals surface area contributed by atoms with Crippen molar-refractivity contribution in [3.05, 3.63) is 40.5 Å². The van der Waals surface area contributed by atoms with Crippen LogP contribution >= 0.6 is 23.1 Å². The lowest BCUT2D eigenvalue weighted by Gasteiger charge is -2.09. The second-order valence-electron chi connectivity index (χ2n) is 6.46. The van der Waals surface area contributed by atoms with Gasteiger partial charge in [-0.1, -0.05) is 11.8 Å². The molecule has 0 saturated heterocycles. The summed E-state index contributed by atoms with van der Waals surface area (Å²) >= 11 is 2.86. The van der Waals surface area contributed by atoms with E-state index < -0.39 is 0 Å². The first-order valence-electron chi connectivity index (χ1n) is 8.94. The van der Waals surface area contributed by atoms with Crippen molar-refractivity contribution < 1.29 is 4.79 Å². The van der Waals surface area contributed by atoms with Gasteiger partial charge in [-0.05, 0) is 43.4 Å². The monoisotopic (exact) mass is 410 g/mol.